The molecule has 0 aromatic rings. The van der Waals surface area contributed by atoms with Crippen LogP contribution < -0.4 is 5.32 Å². The predicted molar refractivity (Wildman–Crippen MR) is 67.4 cm³/mol. The molecule has 1 fully saturated rings. The van der Waals surface area contributed by atoms with Crippen LogP contribution in [0.1, 0.15) is 27.2 Å². The predicted octanol–water partition coefficient (Wildman–Crippen LogP) is 1.10. The molecule has 92 valence electrons. The van der Waals surface area contributed by atoms with Crippen LogP contribution in [0.2, 0.25) is 0 Å². The van der Waals surface area contributed by atoms with Crippen LogP contribution in [-0.4, -0.2) is 49.3 Å². The summed E-state index contributed by atoms with van der Waals surface area (Å²) in [5.41, 5.74) is 0.0363. The van der Waals surface area contributed by atoms with Crippen LogP contribution in [0, 0.1) is 12.3 Å². The number of rotatable bonds is 5. The van der Waals surface area contributed by atoms with Gasteiger partial charge in [0.2, 0.25) is 0 Å². The average Bonchev–Trinajstić information content (AvgIpc) is 2.36. The van der Waals surface area contributed by atoms with Gasteiger partial charge >= 0.3 is 0 Å². The van der Waals surface area contributed by atoms with Gasteiger partial charge in [-0.05, 0) is 19.9 Å². The lowest BCUT2D eigenvalue weighted by Gasteiger charge is -2.46. The quantitative estimate of drug-likeness (QED) is 0.708. The third kappa shape index (κ3) is 2.76. The minimum absolute atomic E-state index is 0.0363. The first kappa shape index (κ1) is 13.5. The van der Waals surface area contributed by atoms with Crippen LogP contribution >= 0.6 is 0 Å². The minimum Gasteiger partial charge on any atom is -0.379 e. The summed E-state index contributed by atoms with van der Waals surface area (Å²) in [5, 5.41) is 3.40. The normalized spacial score (nSPS) is 23.4. The van der Waals surface area contributed by atoms with Gasteiger partial charge in [0.15, 0.2) is 0 Å². The van der Waals surface area contributed by atoms with Crippen molar-refractivity contribution in [1.82, 2.24) is 10.2 Å². The van der Waals surface area contributed by atoms with Crippen LogP contribution in [0.5, 0.6) is 0 Å². The molecule has 2 atom stereocenters. The number of morpholine rings is 1. The second-order valence-corrected chi connectivity index (χ2v) is 4.47. The molecule has 0 aliphatic carbocycles. The number of hydrogen-bond donors (Lipinski definition) is 1. The minimum atomic E-state index is 0.0363. The summed E-state index contributed by atoms with van der Waals surface area (Å²) in [7, 11) is 0. The maximum Gasteiger partial charge on any atom is 0.0870 e. The number of nitrogens with zero attached hydrogens (tertiary/aromatic N) is 1. The molecule has 0 saturated carbocycles. The van der Waals surface area contributed by atoms with Gasteiger partial charge < -0.3 is 10.1 Å². The molecular weight excluding hydrogens is 200 g/mol. The van der Waals surface area contributed by atoms with Crippen molar-refractivity contribution in [2.75, 3.05) is 32.8 Å². The first-order valence-electron chi connectivity index (χ1n) is 6.21. The van der Waals surface area contributed by atoms with E-state index in [1.807, 2.05) is 0 Å². The van der Waals surface area contributed by atoms with E-state index in [1.54, 1.807) is 0 Å². The lowest BCUT2D eigenvalue weighted by Crippen LogP contribution is -2.61. The maximum absolute atomic E-state index is 5.66. The maximum atomic E-state index is 5.66. The average molecular weight is 224 g/mol. The highest BCUT2D eigenvalue weighted by molar-refractivity contribution is 5.12. The Hall–Kier alpha value is -0.560. The second-order valence-electron chi connectivity index (χ2n) is 4.47. The van der Waals surface area contributed by atoms with Gasteiger partial charge in [0.1, 0.15) is 0 Å². The summed E-state index contributed by atoms with van der Waals surface area (Å²) in [4.78, 5) is 2.46. The fraction of sp³-hybridized carbons (Fsp3) is 0.846. The lowest BCUT2D eigenvalue weighted by atomic mass is 9.87. The third-order valence-corrected chi connectivity index (χ3v) is 3.65. The Morgan fingerprint density at radius 3 is 2.50 bits per heavy atom. The standard InChI is InChI=1S/C13H24N2O/c1-5-12(14-7-3)13(4,6-2)15-8-10-16-11-9-15/h1,12,14H,6-11H2,2-4H3. The Kier molecular flexibility index (Phi) is 5.27. The largest absolute Gasteiger partial charge is 0.379 e. The molecule has 0 bridgehead atoms. The lowest BCUT2D eigenvalue weighted by molar-refractivity contribution is -0.0248. The van der Waals surface area contributed by atoms with Gasteiger partial charge in [-0.15, -0.1) is 6.42 Å². The highest BCUT2D eigenvalue weighted by Gasteiger charge is 2.37. The van der Waals surface area contributed by atoms with Gasteiger partial charge in [-0.1, -0.05) is 19.8 Å². The first-order valence-corrected chi connectivity index (χ1v) is 6.21. The van der Waals surface area contributed by atoms with Crippen molar-refractivity contribution in [1.29, 1.82) is 0 Å². The SMILES string of the molecule is C#CC(NCC)C(C)(CC)N1CCOCC1. The van der Waals surface area contributed by atoms with E-state index in [0.29, 0.717) is 0 Å². The molecule has 1 aliphatic heterocycles. The van der Waals surface area contributed by atoms with Crippen molar-refractivity contribution < 1.29 is 4.74 Å². The van der Waals surface area contributed by atoms with Crippen LogP contribution in [0.25, 0.3) is 0 Å². The number of nitrogens with one attached hydrogen (secondary N) is 1. The molecule has 1 saturated heterocycles. The fourth-order valence-electron chi connectivity index (χ4n) is 2.35. The van der Waals surface area contributed by atoms with Crippen LogP contribution in [0.3, 0.4) is 0 Å². The molecule has 1 N–H and O–H groups in total. The molecule has 0 spiro atoms. The van der Waals surface area contributed by atoms with E-state index in [1.165, 1.54) is 0 Å². The Bertz CT molecular complexity index is 243. The summed E-state index contributed by atoms with van der Waals surface area (Å²) in [5.74, 6) is 2.90. The van der Waals surface area contributed by atoms with Crippen LogP contribution in [0.4, 0.5) is 0 Å². The molecule has 0 amide bonds. The van der Waals surface area contributed by atoms with Gasteiger partial charge in [0, 0.05) is 18.6 Å². The summed E-state index contributed by atoms with van der Waals surface area (Å²) >= 11 is 0. The number of likely N-dealkylation sites (N-methyl/N-ethyl adjacent to an activating group) is 1. The zero-order valence-corrected chi connectivity index (χ0v) is 10.8. The van der Waals surface area contributed by atoms with Gasteiger partial charge in [-0.2, -0.15) is 0 Å². The molecule has 3 heteroatoms. The van der Waals surface area contributed by atoms with E-state index in [0.717, 1.165) is 39.3 Å². The number of hydrogen-bond acceptors (Lipinski definition) is 3. The first-order chi connectivity index (χ1) is 7.69. The molecule has 1 aliphatic rings. The fourth-order valence-corrected chi connectivity index (χ4v) is 2.35. The van der Waals surface area contributed by atoms with E-state index in [4.69, 9.17) is 11.2 Å². The molecule has 1 heterocycles. The summed E-state index contributed by atoms with van der Waals surface area (Å²) < 4.78 is 5.40. The topological polar surface area (TPSA) is 24.5 Å². The van der Waals surface area contributed by atoms with E-state index < -0.39 is 0 Å². The molecule has 2 unspecified atom stereocenters. The van der Waals surface area contributed by atoms with Crippen molar-refractivity contribution in [3.63, 3.8) is 0 Å². The molecule has 0 aromatic carbocycles. The summed E-state index contributed by atoms with van der Waals surface area (Å²) in [6, 6.07) is 0.112. The molecule has 16 heavy (non-hydrogen) atoms. The summed E-state index contributed by atoms with van der Waals surface area (Å²) in [6.07, 6.45) is 6.71. The molecular formula is C13H24N2O. The van der Waals surface area contributed by atoms with E-state index in [9.17, 15) is 0 Å². The highest BCUT2D eigenvalue weighted by Crippen LogP contribution is 2.24. The monoisotopic (exact) mass is 224 g/mol. The zero-order valence-electron chi connectivity index (χ0n) is 10.8. The van der Waals surface area contributed by atoms with Gasteiger partial charge in [0.05, 0.1) is 19.3 Å². The molecule has 1 rings (SSSR count). The zero-order chi connectivity index (χ0) is 12.0. The Morgan fingerprint density at radius 1 is 1.44 bits per heavy atom. The Balaban J connectivity index is 2.76. The Morgan fingerprint density at radius 2 is 2.06 bits per heavy atom. The number of terminal acetylenes is 1. The van der Waals surface area contributed by atoms with E-state index >= 15 is 0 Å². The third-order valence-electron chi connectivity index (χ3n) is 3.65. The molecule has 3 nitrogen and oxygen atoms in total. The van der Waals surface area contributed by atoms with Crippen molar-refractivity contribution in [2.45, 2.75) is 38.8 Å². The van der Waals surface area contributed by atoms with Gasteiger partial charge in [-0.25, -0.2) is 0 Å². The number of ether oxygens (including phenoxy) is 1. The van der Waals surface area contributed by atoms with Crippen molar-refractivity contribution in [3.05, 3.63) is 0 Å². The van der Waals surface area contributed by atoms with Crippen molar-refractivity contribution in [3.8, 4) is 12.3 Å². The smallest absolute Gasteiger partial charge is 0.0870 e. The second kappa shape index (κ2) is 6.24. The van der Waals surface area contributed by atoms with Crippen molar-refractivity contribution >= 4 is 0 Å². The van der Waals surface area contributed by atoms with Gasteiger partial charge in [0.25, 0.3) is 0 Å². The Labute approximate surface area is 99.5 Å². The van der Waals surface area contributed by atoms with E-state index in [2.05, 4.69) is 36.9 Å². The summed E-state index contributed by atoms with van der Waals surface area (Å²) in [6.45, 7) is 11.1. The van der Waals surface area contributed by atoms with Crippen LogP contribution in [-0.2, 0) is 4.74 Å². The molecule has 0 radical (unpaired) electrons. The molecule has 0 aromatic heterocycles. The van der Waals surface area contributed by atoms with E-state index in [-0.39, 0.29) is 11.6 Å². The van der Waals surface area contributed by atoms with Crippen LogP contribution in [0.15, 0.2) is 0 Å². The van der Waals surface area contributed by atoms with Gasteiger partial charge in [-0.3, -0.25) is 4.90 Å². The highest BCUT2D eigenvalue weighted by atomic mass is 16.5. The van der Waals surface area contributed by atoms with Crippen molar-refractivity contribution in [2.24, 2.45) is 0 Å².